The van der Waals surface area contributed by atoms with Crippen LogP contribution in [0, 0.1) is 5.92 Å². The number of rotatable bonds is 9. The van der Waals surface area contributed by atoms with Crippen LogP contribution in [0.15, 0.2) is 54.6 Å². The van der Waals surface area contributed by atoms with Crippen molar-refractivity contribution in [3.63, 3.8) is 0 Å². The lowest BCUT2D eigenvalue weighted by molar-refractivity contribution is -0.0783. The van der Waals surface area contributed by atoms with Crippen molar-refractivity contribution < 1.29 is 19.0 Å². The monoisotopic (exact) mass is 356 g/mol. The van der Waals surface area contributed by atoms with Crippen LogP contribution in [-0.2, 0) is 9.47 Å². The summed E-state index contributed by atoms with van der Waals surface area (Å²) in [6, 6.07) is 17.0. The van der Waals surface area contributed by atoms with E-state index < -0.39 is 6.29 Å². The summed E-state index contributed by atoms with van der Waals surface area (Å²) < 4.78 is 16.5. The van der Waals surface area contributed by atoms with E-state index in [0.29, 0.717) is 17.4 Å². The van der Waals surface area contributed by atoms with Crippen LogP contribution in [0.5, 0.6) is 5.75 Å². The van der Waals surface area contributed by atoms with Crippen molar-refractivity contribution in [3.8, 4) is 5.75 Å². The smallest absolute Gasteiger partial charge is 0.338 e. The Labute approximate surface area is 156 Å². The molecule has 0 heterocycles. The second kappa shape index (κ2) is 9.97. The summed E-state index contributed by atoms with van der Waals surface area (Å²) in [6.45, 7) is 8.95. The van der Waals surface area contributed by atoms with E-state index in [2.05, 4.69) is 32.9 Å². The molecule has 4 nitrogen and oxygen atoms in total. The molecule has 0 fully saturated rings. The summed E-state index contributed by atoms with van der Waals surface area (Å²) in [6.07, 6.45) is -0.418. The minimum absolute atomic E-state index is 0.187. The lowest BCUT2D eigenvalue weighted by atomic mass is 9.90. The van der Waals surface area contributed by atoms with Crippen molar-refractivity contribution in [1.82, 2.24) is 0 Å². The first-order valence-corrected chi connectivity index (χ1v) is 9.07. The zero-order valence-electron chi connectivity index (χ0n) is 16.0. The summed E-state index contributed by atoms with van der Waals surface area (Å²) >= 11 is 0. The quantitative estimate of drug-likeness (QED) is 0.358. The van der Waals surface area contributed by atoms with Gasteiger partial charge in [-0.3, -0.25) is 0 Å². The lowest BCUT2D eigenvalue weighted by Crippen LogP contribution is -2.20. The molecule has 0 aromatic heterocycles. The van der Waals surface area contributed by atoms with Crippen molar-refractivity contribution in [1.29, 1.82) is 0 Å². The summed E-state index contributed by atoms with van der Waals surface area (Å²) in [5.74, 6) is 1.52. The van der Waals surface area contributed by atoms with Crippen LogP contribution >= 0.6 is 0 Å². The summed E-state index contributed by atoms with van der Waals surface area (Å²) in [5, 5.41) is 0. The van der Waals surface area contributed by atoms with Crippen LogP contribution in [0.25, 0.3) is 0 Å². The number of hydrogen-bond acceptors (Lipinski definition) is 4. The third kappa shape index (κ3) is 6.19. The molecule has 0 N–H and O–H groups in total. The predicted molar refractivity (Wildman–Crippen MR) is 102 cm³/mol. The van der Waals surface area contributed by atoms with Crippen LogP contribution in [0.2, 0.25) is 0 Å². The molecule has 0 saturated carbocycles. The van der Waals surface area contributed by atoms with Gasteiger partial charge in [0.15, 0.2) is 6.29 Å². The third-order valence-corrected chi connectivity index (χ3v) is 4.39. The van der Waals surface area contributed by atoms with Crippen LogP contribution in [0.1, 0.15) is 49.5 Å². The Morgan fingerprint density at radius 2 is 1.54 bits per heavy atom. The second-order valence-electron chi connectivity index (χ2n) is 6.66. The molecule has 2 unspecified atom stereocenters. The minimum Gasteiger partial charge on any atom is -0.465 e. The number of hydrogen-bond donors (Lipinski definition) is 0. The Morgan fingerprint density at radius 3 is 2.15 bits per heavy atom. The van der Waals surface area contributed by atoms with Gasteiger partial charge in [-0.1, -0.05) is 51.1 Å². The molecule has 2 aromatic rings. The standard InChI is InChI=1S/C22H28O4/c1-16(2)17(3)19-10-12-21(13-11-19)26-18(4)24-14-15-25-22(23)20-8-6-5-7-9-20/h5-13,16-18H,14-15H2,1-4H3. The fourth-order valence-electron chi connectivity index (χ4n) is 2.47. The number of ether oxygens (including phenoxy) is 3. The van der Waals surface area contributed by atoms with E-state index >= 15 is 0 Å². The fraction of sp³-hybridized carbons (Fsp3) is 0.409. The number of carbonyl (C=O) groups is 1. The predicted octanol–water partition coefficient (Wildman–Crippen LogP) is 5.04. The lowest BCUT2D eigenvalue weighted by Gasteiger charge is -2.18. The van der Waals surface area contributed by atoms with Crippen LogP contribution in [-0.4, -0.2) is 25.5 Å². The van der Waals surface area contributed by atoms with E-state index in [1.54, 1.807) is 24.3 Å². The average Bonchev–Trinajstić information content (AvgIpc) is 2.65. The van der Waals surface area contributed by atoms with E-state index in [-0.39, 0.29) is 19.2 Å². The highest BCUT2D eigenvalue weighted by Crippen LogP contribution is 2.25. The van der Waals surface area contributed by atoms with E-state index in [4.69, 9.17) is 14.2 Å². The highest BCUT2D eigenvalue weighted by atomic mass is 16.7. The van der Waals surface area contributed by atoms with E-state index in [9.17, 15) is 4.79 Å². The van der Waals surface area contributed by atoms with Gasteiger partial charge in [0.1, 0.15) is 12.4 Å². The van der Waals surface area contributed by atoms with Crippen LogP contribution in [0.4, 0.5) is 0 Å². The molecule has 140 valence electrons. The van der Waals surface area contributed by atoms with E-state index in [1.165, 1.54) is 5.56 Å². The van der Waals surface area contributed by atoms with Crippen molar-refractivity contribution in [2.45, 2.75) is 39.9 Å². The topological polar surface area (TPSA) is 44.8 Å². The molecular weight excluding hydrogens is 328 g/mol. The molecule has 2 aromatic carbocycles. The Hall–Kier alpha value is -2.33. The molecular formula is C22H28O4. The Kier molecular flexibility index (Phi) is 7.67. The number of esters is 1. The molecule has 0 saturated heterocycles. The Balaban J connectivity index is 1.70. The molecule has 26 heavy (non-hydrogen) atoms. The molecule has 4 heteroatoms. The molecule has 0 amide bonds. The molecule has 0 aliphatic rings. The largest absolute Gasteiger partial charge is 0.465 e. The van der Waals surface area contributed by atoms with Gasteiger partial charge in [-0.2, -0.15) is 0 Å². The van der Waals surface area contributed by atoms with Gasteiger partial charge < -0.3 is 14.2 Å². The maximum Gasteiger partial charge on any atom is 0.338 e. The molecule has 0 aliphatic heterocycles. The van der Waals surface area contributed by atoms with Crippen LogP contribution in [0.3, 0.4) is 0 Å². The molecule has 0 radical (unpaired) electrons. The van der Waals surface area contributed by atoms with Gasteiger partial charge in [-0.25, -0.2) is 4.79 Å². The average molecular weight is 356 g/mol. The zero-order valence-corrected chi connectivity index (χ0v) is 16.0. The summed E-state index contributed by atoms with van der Waals surface area (Å²) in [4.78, 5) is 11.8. The summed E-state index contributed by atoms with van der Waals surface area (Å²) in [5.41, 5.74) is 1.83. The molecule has 2 rings (SSSR count). The van der Waals surface area contributed by atoms with Gasteiger partial charge in [0.2, 0.25) is 0 Å². The molecule has 0 bridgehead atoms. The first-order chi connectivity index (χ1) is 12.5. The minimum atomic E-state index is -0.418. The molecule has 0 aliphatic carbocycles. The van der Waals surface area contributed by atoms with Crippen molar-refractivity contribution in [2.75, 3.05) is 13.2 Å². The normalized spacial score (nSPS) is 13.3. The fourth-order valence-corrected chi connectivity index (χ4v) is 2.47. The van der Waals surface area contributed by atoms with Gasteiger partial charge in [0.25, 0.3) is 0 Å². The number of benzene rings is 2. The van der Waals surface area contributed by atoms with Crippen molar-refractivity contribution in [3.05, 3.63) is 65.7 Å². The van der Waals surface area contributed by atoms with E-state index in [1.807, 2.05) is 25.1 Å². The SMILES string of the molecule is CC(OCCOC(=O)c1ccccc1)Oc1ccc(C(C)C(C)C)cc1. The van der Waals surface area contributed by atoms with Gasteiger partial charge in [-0.05, 0) is 48.6 Å². The Bertz CT molecular complexity index is 664. The van der Waals surface area contributed by atoms with Crippen molar-refractivity contribution in [2.24, 2.45) is 5.92 Å². The summed E-state index contributed by atoms with van der Waals surface area (Å²) in [7, 11) is 0. The highest BCUT2D eigenvalue weighted by Gasteiger charge is 2.11. The molecule has 0 spiro atoms. The number of carbonyl (C=O) groups excluding carboxylic acids is 1. The van der Waals surface area contributed by atoms with Gasteiger partial charge in [0, 0.05) is 0 Å². The highest BCUT2D eigenvalue weighted by molar-refractivity contribution is 5.89. The van der Waals surface area contributed by atoms with Crippen molar-refractivity contribution >= 4 is 5.97 Å². The van der Waals surface area contributed by atoms with E-state index in [0.717, 1.165) is 5.75 Å². The van der Waals surface area contributed by atoms with Gasteiger partial charge >= 0.3 is 5.97 Å². The van der Waals surface area contributed by atoms with Gasteiger partial charge in [-0.15, -0.1) is 0 Å². The maximum absolute atomic E-state index is 11.8. The third-order valence-electron chi connectivity index (χ3n) is 4.39. The maximum atomic E-state index is 11.8. The zero-order chi connectivity index (χ0) is 18.9. The first-order valence-electron chi connectivity index (χ1n) is 9.07. The molecule has 2 atom stereocenters. The Morgan fingerprint density at radius 1 is 0.885 bits per heavy atom. The second-order valence-corrected chi connectivity index (χ2v) is 6.66. The first kappa shape index (κ1) is 20.0. The van der Waals surface area contributed by atoms with Gasteiger partial charge in [0.05, 0.1) is 12.2 Å². The van der Waals surface area contributed by atoms with Crippen LogP contribution < -0.4 is 4.74 Å².